The van der Waals surface area contributed by atoms with Crippen molar-refractivity contribution in [2.24, 2.45) is 0 Å². The zero-order chi connectivity index (χ0) is 14.5. The summed E-state index contributed by atoms with van der Waals surface area (Å²) in [6.07, 6.45) is 0. The van der Waals surface area contributed by atoms with Crippen molar-refractivity contribution < 1.29 is 31.9 Å². The zero-order valence-corrected chi connectivity index (χ0v) is 9.61. The first-order chi connectivity index (χ1) is 8.65. The van der Waals surface area contributed by atoms with Crippen molar-refractivity contribution in [3.8, 4) is 0 Å². The van der Waals surface area contributed by atoms with Crippen molar-refractivity contribution in [2.45, 2.75) is 12.5 Å². The molecule has 1 N–H and O–H groups in total. The second-order valence-corrected chi connectivity index (χ2v) is 4.60. The quantitative estimate of drug-likeness (QED) is 0.482. The van der Waals surface area contributed by atoms with Crippen LogP contribution in [0.2, 0.25) is 0 Å². The fourth-order valence-corrected chi connectivity index (χ4v) is 1.87. The van der Waals surface area contributed by atoms with E-state index in [0.29, 0.717) is 0 Å². The third kappa shape index (κ3) is 2.05. The molecule has 1 fully saturated rings. The molecule has 1 amide bonds. The molecule has 0 radical (unpaired) electrons. The highest BCUT2D eigenvalue weighted by molar-refractivity contribution is 5.95. The van der Waals surface area contributed by atoms with Gasteiger partial charge in [0.05, 0.1) is 18.7 Å². The highest BCUT2D eigenvalue weighted by Gasteiger charge is 2.42. The van der Waals surface area contributed by atoms with E-state index in [0.717, 1.165) is 4.90 Å². The fourth-order valence-electron chi connectivity index (χ4n) is 1.87. The lowest BCUT2D eigenvalue weighted by atomic mass is 9.95. The molecule has 104 valence electrons. The topological polar surface area (TPSA) is 40.5 Å². The van der Waals surface area contributed by atoms with E-state index in [4.69, 9.17) is 0 Å². The van der Waals surface area contributed by atoms with E-state index in [1.54, 1.807) is 0 Å². The molecule has 0 atom stereocenters. The number of β-amino-alcohol motifs (C(OH)–C–C–N with tert-alkyl or cyclic N) is 1. The second-order valence-electron chi connectivity index (χ2n) is 4.60. The Balaban J connectivity index is 2.44. The number of halogens is 5. The molecule has 19 heavy (non-hydrogen) atoms. The van der Waals surface area contributed by atoms with Gasteiger partial charge in [-0.05, 0) is 6.92 Å². The van der Waals surface area contributed by atoms with E-state index < -0.39 is 46.2 Å². The van der Waals surface area contributed by atoms with Crippen LogP contribution in [-0.2, 0) is 0 Å². The number of rotatable bonds is 1. The zero-order valence-electron chi connectivity index (χ0n) is 9.61. The van der Waals surface area contributed by atoms with Gasteiger partial charge in [0.2, 0.25) is 5.82 Å². The Bertz CT molecular complexity index is 536. The lowest BCUT2D eigenvalue weighted by Gasteiger charge is -2.44. The third-order valence-corrected chi connectivity index (χ3v) is 2.77. The number of hydrogen-bond acceptors (Lipinski definition) is 2. The standard InChI is InChI=1S/C11H8F5NO2/c1-11(19)2-17(3-11)10(18)4-5(12)7(14)9(16)8(15)6(4)13/h19H,2-3H2,1H3. The van der Waals surface area contributed by atoms with Gasteiger partial charge >= 0.3 is 0 Å². The smallest absolute Gasteiger partial charge is 0.260 e. The van der Waals surface area contributed by atoms with Gasteiger partial charge in [-0.2, -0.15) is 0 Å². The molecule has 1 aliphatic rings. The Labute approximate surface area is 104 Å². The third-order valence-electron chi connectivity index (χ3n) is 2.77. The maximum absolute atomic E-state index is 13.3. The first kappa shape index (κ1) is 13.7. The van der Waals surface area contributed by atoms with E-state index in [2.05, 4.69) is 0 Å². The molecule has 2 rings (SSSR count). The van der Waals surface area contributed by atoms with Crippen molar-refractivity contribution in [3.63, 3.8) is 0 Å². The summed E-state index contributed by atoms with van der Waals surface area (Å²) in [6, 6.07) is 0. The number of nitrogens with zero attached hydrogens (tertiary/aromatic N) is 1. The normalized spacial score (nSPS) is 17.3. The Hall–Kier alpha value is -1.70. The minimum atomic E-state index is -2.32. The van der Waals surface area contributed by atoms with E-state index in [1.165, 1.54) is 6.92 Å². The van der Waals surface area contributed by atoms with E-state index >= 15 is 0 Å². The Morgan fingerprint density at radius 3 is 1.74 bits per heavy atom. The Kier molecular flexibility index (Phi) is 3.00. The summed E-state index contributed by atoms with van der Waals surface area (Å²) in [7, 11) is 0. The summed E-state index contributed by atoms with van der Waals surface area (Å²) in [5.41, 5.74) is -2.73. The minimum absolute atomic E-state index is 0.245. The average molecular weight is 281 g/mol. The van der Waals surface area contributed by atoms with Crippen LogP contribution in [0.1, 0.15) is 17.3 Å². The van der Waals surface area contributed by atoms with E-state index in [9.17, 15) is 31.9 Å². The number of carbonyl (C=O) groups excluding carboxylic acids is 1. The van der Waals surface area contributed by atoms with Gasteiger partial charge in [-0.25, -0.2) is 22.0 Å². The number of carbonyl (C=O) groups is 1. The molecule has 0 aromatic heterocycles. The molecule has 0 spiro atoms. The van der Waals surface area contributed by atoms with Crippen LogP contribution in [0, 0.1) is 29.1 Å². The summed E-state index contributed by atoms with van der Waals surface area (Å²) in [5, 5.41) is 9.38. The van der Waals surface area contributed by atoms with Gasteiger partial charge in [0.15, 0.2) is 23.3 Å². The number of amides is 1. The molecule has 0 saturated carbocycles. The van der Waals surface area contributed by atoms with E-state index in [-0.39, 0.29) is 13.1 Å². The van der Waals surface area contributed by atoms with Crippen molar-refractivity contribution in [2.75, 3.05) is 13.1 Å². The van der Waals surface area contributed by atoms with Crippen LogP contribution >= 0.6 is 0 Å². The lowest BCUT2D eigenvalue weighted by molar-refractivity contribution is -0.0672. The molecule has 8 heteroatoms. The van der Waals surface area contributed by atoms with Crippen LogP contribution in [-0.4, -0.2) is 34.6 Å². The van der Waals surface area contributed by atoms with Crippen LogP contribution in [0.15, 0.2) is 0 Å². The van der Waals surface area contributed by atoms with Crippen LogP contribution in [0.4, 0.5) is 22.0 Å². The first-order valence-electron chi connectivity index (χ1n) is 5.19. The van der Waals surface area contributed by atoms with Gasteiger partial charge in [0.1, 0.15) is 5.56 Å². The molecule has 0 unspecified atom stereocenters. The number of aliphatic hydroxyl groups is 1. The highest BCUT2D eigenvalue weighted by atomic mass is 19.2. The summed E-state index contributed by atoms with van der Waals surface area (Å²) in [5.74, 6) is -12.4. The van der Waals surface area contributed by atoms with Gasteiger partial charge in [-0.15, -0.1) is 0 Å². The number of likely N-dealkylation sites (tertiary alicyclic amines) is 1. The molecular weight excluding hydrogens is 273 g/mol. The predicted molar refractivity (Wildman–Crippen MR) is 52.8 cm³/mol. The van der Waals surface area contributed by atoms with E-state index in [1.807, 2.05) is 0 Å². The van der Waals surface area contributed by atoms with Gasteiger partial charge in [0.25, 0.3) is 5.91 Å². The predicted octanol–water partition coefficient (Wildman–Crippen LogP) is 1.59. The molecule has 1 heterocycles. The molecule has 0 aliphatic carbocycles. The number of benzene rings is 1. The van der Waals surface area contributed by atoms with Crippen LogP contribution in [0.3, 0.4) is 0 Å². The van der Waals surface area contributed by atoms with Crippen molar-refractivity contribution >= 4 is 5.91 Å². The Morgan fingerprint density at radius 1 is 1.00 bits per heavy atom. The highest BCUT2D eigenvalue weighted by Crippen LogP contribution is 2.27. The molecular formula is C11H8F5NO2. The molecule has 1 aromatic rings. The fraction of sp³-hybridized carbons (Fsp3) is 0.364. The molecule has 1 saturated heterocycles. The average Bonchev–Trinajstić information content (AvgIpc) is 2.31. The Morgan fingerprint density at radius 2 is 1.37 bits per heavy atom. The second kappa shape index (κ2) is 4.16. The monoisotopic (exact) mass is 281 g/mol. The van der Waals surface area contributed by atoms with Crippen molar-refractivity contribution in [3.05, 3.63) is 34.6 Å². The maximum atomic E-state index is 13.3. The van der Waals surface area contributed by atoms with Gasteiger partial charge in [-0.3, -0.25) is 4.79 Å². The first-order valence-corrected chi connectivity index (χ1v) is 5.19. The lowest BCUT2D eigenvalue weighted by Crippen LogP contribution is -2.61. The molecule has 0 bridgehead atoms. The minimum Gasteiger partial charge on any atom is -0.386 e. The summed E-state index contributed by atoms with van der Waals surface area (Å²) >= 11 is 0. The summed E-state index contributed by atoms with van der Waals surface area (Å²) < 4.78 is 65.3. The van der Waals surface area contributed by atoms with Crippen molar-refractivity contribution in [1.82, 2.24) is 4.90 Å². The largest absolute Gasteiger partial charge is 0.386 e. The van der Waals surface area contributed by atoms with Gasteiger partial charge < -0.3 is 10.0 Å². The van der Waals surface area contributed by atoms with Gasteiger partial charge in [0, 0.05) is 0 Å². The maximum Gasteiger partial charge on any atom is 0.260 e. The number of hydrogen-bond donors (Lipinski definition) is 1. The van der Waals surface area contributed by atoms with Crippen LogP contribution < -0.4 is 0 Å². The van der Waals surface area contributed by atoms with Crippen LogP contribution in [0.25, 0.3) is 0 Å². The summed E-state index contributed by atoms with van der Waals surface area (Å²) in [4.78, 5) is 12.4. The van der Waals surface area contributed by atoms with Crippen molar-refractivity contribution in [1.29, 1.82) is 0 Å². The van der Waals surface area contributed by atoms with Crippen LogP contribution in [0.5, 0.6) is 0 Å². The summed E-state index contributed by atoms with van der Waals surface area (Å²) in [6.45, 7) is 0.881. The SMILES string of the molecule is CC1(O)CN(C(=O)c2c(F)c(F)c(F)c(F)c2F)C1. The molecule has 1 aromatic carbocycles. The van der Waals surface area contributed by atoms with Gasteiger partial charge in [-0.1, -0.05) is 0 Å². The molecule has 1 aliphatic heterocycles. The molecule has 3 nitrogen and oxygen atoms in total.